The lowest BCUT2D eigenvalue weighted by Crippen LogP contribution is -2.49. The summed E-state index contributed by atoms with van der Waals surface area (Å²) in [5.41, 5.74) is -0.580. The molecule has 2 amide bonds. The standard InChI is InChI=1S/C18H21F3N2O3/c19-18(20,21)14-4-1-3-13(9-14)17(6-2-7-17)11-22-16(26)23-8-5-12(10-23)15(24)25/h1,3-4,9,12H,2,5-8,10-11H2,(H,22,26)(H,24,25). The zero-order chi connectivity index (χ0) is 18.9. The van der Waals surface area contributed by atoms with Gasteiger partial charge < -0.3 is 15.3 Å². The van der Waals surface area contributed by atoms with Gasteiger partial charge >= 0.3 is 18.2 Å². The number of nitrogens with one attached hydrogen (secondary N) is 1. The molecule has 1 saturated heterocycles. The molecule has 26 heavy (non-hydrogen) atoms. The average molecular weight is 370 g/mol. The quantitative estimate of drug-likeness (QED) is 0.855. The number of aliphatic carboxylic acids is 1. The summed E-state index contributed by atoms with van der Waals surface area (Å²) >= 11 is 0. The van der Waals surface area contributed by atoms with Crippen LogP contribution >= 0.6 is 0 Å². The van der Waals surface area contributed by atoms with Crippen LogP contribution in [0, 0.1) is 5.92 Å². The molecule has 0 radical (unpaired) electrons. The fraction of sp³-hybridized carbons (Fsp3) is 0.556. The highest BCUT2D eigenvalue weighted by atomic mass is 19.4. The maximum Gasteiger partial charge on any atom is 0.416 e. The van der Waals surface area contributed by atoms with Crippen LogP contribution < -0.4 is 5.32 Å². The molecule has 1 heterocycles. The van der Waals surface area contributed by atoms with Gasteiger partial charge in [-0.25, -0.2) is 4.79 Å². The van der Waals surface area contributed by atoms with Crippen molar-refractivity contribution in [2.24, 2.45) is 5.92 Å². The van der Waals surface area contributed by atoms with Crippen LogP contribution in [0.5, 0.6) is 0 Å². The SMILES string of the molecule is O=C(O)C1CCN(C(=O)NCC2(c3cccc(C(F)(F)F)c3)CCC2)C1. The number of likely N-dealkylation sites (tertiary alicyclic amines) is 1. The summed E-state index contributed by atoms with van der Waals surface area (Å²) in [4.78, 5) is 24.7. The van der Waals surface area contributed by atoms with E-state index in [1.165, 1.54) is 17.0 Å². The van der Waals surface area contributed by atoms with Crippen molar-refractivity contribution in [2.45, 2.75) is 37.3 Å². The minimum atomic E-state index is -4.40. The number of carboxylic acid groups (broad SMARTS) is 1. The molecule has 0 aromatic heterocycles. The number of urea groups is 1. The average Bonchev–Trinajstić information content (AvgIpc) is 3.03. The van der Waals surface area contributed by atoms with Gasteiger partial charge in [-0.05, 0) is 30.9 Å². The Hall–Kier alpha value is -2.25. The molecule has 1 aliphatic heterocycles. The van der Waals surface area contributed by atoms with Crippen molar-refractivity contribution in [3.8, 4) is 0 Å². The molecule has 0 bridgehead atoms. The number of amides is 2. The van der Waals surface area contributed by atoms with E-state index in [0.717, 1.165) is 12.5 Å². The summed E-state index contributed by atoms with van der Waals surface area (Å²) < 4.78 is 38.9. The third kappa shape index (κ3) is 3.64. The second-order valence-electron chi connectivity index (χ2n) is 7.14. The molecule has 3 rings (SSSR count). The zero-order valence-electron chi connectivity index (χ0n) is 14.2. The number of halogens is 3. The van der Waals surface area contributed by atoms with Gasteiger partial charge in [0.25, 0.3) is 0 Å². The maximum atomic E-state index is 13.0. The number of nitrogens with zero attached hydrogens (tertiary/aromatic N) is 1. The molecule has 142 valence electrons. The Morgan fingerprint density at radius 1 is 1.31 bits per heavy atom. The molecule has 1 saturated carbocycles. The fourth-order valence-electron chi connectivity index (χ4n) is 3.70. The van der Waals surface area contributed by atoms with E-state index >= 15 is 0 Å². The van der Waals surface area contributed by atoms with Gasteiger partial charge in [-0.3, -0.25) is 4.79 Å². The maximum absolute atomic E-state index is 13.0. The van der Waals surface area contributed by atoms with E-state index in [-0.39, 0.29) is 19.1 Å². The molecule has 1 aliphatic carbocycles. The topological polar surface area (TPSA) is 69.6 Å². The smallest absolute Gasteiger partial charge is 0.416 e. The van der Waals surface area contributed by atoms with Crippen molar-refractivity contribution >= 4 is 12.0 Å². The monoisotopic (exact) mass is 370 g/mol. The summed E-state index contributed by atoms with van der Waals surface area (Å²) in [7, 11) is 0. The number of carbonyl (C=O) groups excluding carboxylic acids is 1. The number of carbonyl (C=O) groups is 2. The normalized spacial score (nSPS) is 22.0. The first-order valence-electron chi connectivity index (χ1n) is 8.65. The first-order valence-corrected chi connectivity index (χ1v) is 8.65. The minimum Gasteiger partial charge on any atom is -0.481 e. The molecular formula is C18H21F3N2O3. The van der Waals surface area contributed by atoms with Crippen molar-refractivity contribution in [1.29, 1.82) is 0 Å². The molecule has 8 heteroatoms. The Balaban J connectivity index is 1.66. The van der Waals surface area contributed by atoms with E-state index in [2.05, 4.69) is 5.32 Å². The number of rotatable bonds is 4. The summed E-state index contributed by atoms with van der Waals surface area (Å²) in [6.07, 6.45) is -1.65. The first-order chi connectivity index (χ1) is 12.2. The van der Waals surface area contributed by atoms with Crippen LogP contribution in [0.2, 0.25) is 0 Å². The fourth-order valence-corrected chi connectivity index (χ4v) is 3.70. The lowest BCUT2D eigenvalue weighted by molar-refractivity contribution is -0.141. The molecule has 1 aromatic carbocycles. The molecular weight excluding hydrogens is 349 g/mol. The molecule has 0 spiro atoms. The summed E-state index contributed by atoms with van der Waals surface area (Å²) in [5.74, 6) is -1.47. The molecule has 2 N–H and O–H groups in total. The third-order valence-electron chi connectivity index (χ3n) is 5.52. The van der Waals surface area contributed by atoms with Crippen LogP contribution in [0.15, 0.2) is 24.3 Å². The van der Waals surface area contributed by atoms with Gasteiger partial charge in [0.2, 0.25) is 0 Å². The lowest BCUT2D eigenvalue weighted by atomic mass is 9.64. The lowest BCUT2D eigenvalue weighted by Gasteiger charge is -2.43. The first kappa shape index (κ1) is 18.5. The molecule has 1 aromatic rings. The molecule has 2 aliphatic rings. The van der Waals surface area contributed by atoms with Crippen molar-refractivity contribution in [3.05, 3.63) is 35.4 Å². The highest BCUT2D eigenvalue weighted by Gasteiger charge is 2.41. The summed E-state index contributed by atoms with van der Waals surface area (Å²) in [6.45, 7) is 0.790. The van der Waals surface area contributed by atoms with E-state index in [9.17, 15) is 22.8 Å². The van der Waals surface area contributed by atoms with Crippen molar-refractivity contribution in [2.75, 3.05) is 19.6 Å². The van der Waals surface area contributed by atoms with Gasteiger partial charge in [-0.15, -0.1) is 0 Å². The van der Waals surface area contributed by atoms with E-state index < -0.39 is 29.0 Å². The van der Waals surface area contributed by atoms with Crippen LogP contribution in [-0.2, 0) is 16.4 Å². The third-order valence-corrected chi connectivity index (χ3v) is 5.52. The minimum absolute atomic E-state index is 0.164. The number of alkyl halides is 3. The van der Waals surface area contributed by atoms with Crippen molar-refractivity contribution < 1.29 is 27.9 Å². The van der Waals surface area contributed by atoms with Crippen molar-refractivity contribution in [1.82, 2.24) is 10.2 Å². The van der Waals surface area contributed by atoms with E-state index in [4.69, 9.17) is 5.11 Å². The van der Waals surface area contributed by atoms with Gasteiger partial charge in [0.05, 0.1) is 11.5 Å². The summed E-state index contributed by atoms with van der Waals surface area (Å²) in [6, 6.07) is 4.94. The van der Waals surface area contributed by atoms with Gasteiger partial charge in [0.15, 0.2) is 0 Å². The summed E-state index contributed by atoms with van der Waals surface area (Å²) in [5, 5.41) is 11.8. The van der Waals surface area contributed by atoms with Crippen LogP contribution in [0.1, 0.15) is 36.8 Å². The number of carboxylic acids is 1. The Morgan fingerprint density at radius 3 is 2.58 bits per heavy atom. The molecule has 2 fully saturated rings. The number of benzene rings is 1. The van der Waals surface area contributed by atoms with E-state index in [0.29, 0.717) is 31.4 Å². The van der Waals surface area contributed by atoms with Crippen LogP contribution in [0.4, 0.5) is 18.0 Å². The number of hydrogen-bond acceptors (Lipinski definition) is 2. The van der Waals surface area contributed by atoms with E-state index in [1.54, 1.807) is 6.07 Å². The second kappa shape index (κ2) is 6.81. The number of hydrogen-bond donors (Lipinski definition) is 2. The molecule has 5 nitrogen and oxygen atoms in total. The van der Waals surface area contributed by atoms with Gasteiger partial charge in [-0.1, -0.05) is 24.6 Å². The Labute approximate surface area is 149 Å². The van der Waals surface area contributed by atoms with Gasteiger partial charge in [-0.2, -0.15) is 13.2 Å². The largest absolute Gasteiger partial charge is 0.481 e. The predicted molar refractivity (Wildman–Crippen MR) is 87.7 cm³/mol. The zero-order valence-corrected chi connectivity index (χ0v) is 14.2. The van der Waals surface area contributed by atoms with Crippen LogP contribution in [0.25, 0.3) is 0 Å². The second-order valence-corrected chi connectivity index (χ2v) is 7.14. The predicted octanol–water partition coefficient (Wildman–Crippen LogP) is 3.24. The van der Waals surface area contributed by atoms with Crippen LogP contribution in [-0.4, -0.2) is 41.6 Å². The Morgan fingerprint density at radius 2 is 2.04 bits per heavy atom. The molecule has 1 atom stereocenters. The van der Waals surface area contributed by atoms with Gasteiger partial charge in [0, 0.05) is 25.0 Å². The highest BCUT2D eigenvalue weighted by molar-refractivity contribution is 5.77. The van der Waals surface area contributed by atoms with E-state index in [1.807, 2.05) is 0 Å². The Kier molecular flexibility index (Phi) is 4.86. The van der Waals surface area contributed by atoms with Crippen molar-refractivity contribution in [3.63, 3.8) is 0 Å². The Bertz CT molecular complexity index is 701. The highest BCUT2D eigenvalue weighted by Crippen LogP contribution is 2.44. The van der Waals surface area contributed by atoms with Crippen LogP contribution in [0.3, 0.4) is 0 Å². The van der Waals surface area contributed by atoms with Gasteiger partial charge in [0.1, 0.15) is 0 Å². The molecule has 1 unspecified atom stereocenters.